The van der Waals surface area contributed by atoms with Crippen LogP contribution in [0.1, 0.15) is 23.2 Å². The molecule has 0 aliphatic carbocycles. The van der Waals surface area contributed by atoms with Gasteiger partial charge in [-0.15, -0.1) is 0 Å². The second-order valence-electron chi connectivity index (χ2n) is 6.48. The number of carbonyl (C=O) groups excluding carboxylic acids is 2. The minimum atomic E-state index is -0.0799. The van der Waals surface area contributed by atoms with Gasteiger partial charge in [-0.05, 0) is 30.0 Å². The Hall–Kier alpha value is -2.14. The van der Waals surface area contributed by atoms with Crippen molar-refractivity contribution in [3.63, 3.8) is 0 Å². The molecule has 1 aromatic heterocycles. The molecule has 2 saturated heterocycles. The molecule has 23 heavy (non-hydrogen) atoms. The molecule has 2 aromatic rings. The Bertz CT molecular complexity index is 729. The van der Waals surface area contributed by atoms with Crippen LogP contribution in [0, 0.1) is 5.41 Å². The quantitative estimate of drug-likeness (QED) is 0.851. The predicted molar refractivity (Wildman–Crippen MR) is 90.7 cm³/mol. The van der Waals surface area contributed by atoms with Crippen molar-refractivity contribution in [2.75, 3.05) is 24.5 Å². The number of benzene rings is 1. The summed E-state index contributed by atoms with van der Waals surface area (Å²) in [7, 11) is 0. The van der Waals surface area contributed by atoms with Crippen molar-refractivity contribution in [3.8, 4) is 0 Å². The fourth-order valence-electron chi connectivity index (χ4n) is 3.69. The van der Waals surface area contributed by atoms with E-state index in [1.807, 2.05) is 57.0 Å². The topological polar surface area (TPSA) is 40.6 Å². The van der Waals surface area contributed by atoms with Gasteiger partial charge in [0, 0.05) is 42.4 Å². The molecule has 0 saturated carbocycles. The maximum atomic E-state index is 12.6. The van der Waals surface area contributed by atoms with Gasteiger partial charge in [0.25, 0.3) is 5.91 Å². The van der Waals surface area contributed by atoms with E-state index in [1.54, 1.807) is 11.3 Å². The van der Waals surface area contributed by atoms with Crippen LogP contribution < -0.4 is 4.90 Å². The third-order valence-electron chi connectivity index (χ3n) is 4.88. The number of likely N-dealkylation sites (tertiary alicyclic amines) is 1. The molecule has 0 radical (unpaired) electrons. The van der Waals surface area contributed by atoms with Crippen LogP contribution in [0.3, 0.4) is 0 Å². The summed E-state index contributed by atoms with van der Waals surface area (Å²) >= 11 is 1.60. The molecular formula is C18H18N2O2S. The van der Waals surface area contributed by atoms with Gasteiger partial charge in [-0.1, -0.05) is 18.2 Å². The highest BCUT2D eigenvalue weighted by molar-refractivity contribution is 7.08. The Kier molecular flexibility index (Phi) is 3.45. The minimum absolute atomic E-state index is 0.0731. The summed E-state index contributed by atoms with van der Waals surface area (Å²) in [5, 5.41) is 4.01. The zero-order valence-electron chi connectivity index (χ0n) is 12.8. The van der Waals surface area contributed by atoms with Crippen molar-refractivity contribution >= 4 is 28.8 Å². The van der Waals surface area contributed by atoms with E-state index in [2.05, 4.69) is 0 Å². The first-order valence-electron chi connectivity index (χ1n) is 7.84. The highest BCUT2D eigenvalue weighted by atomic mass is 32.1. The van der Waals surface area contributed by atoms with E-state index in [9.17, 15) is 9.59 Å². The van der Waals surface area contributed by atoms with Crippen LogP contribution in [0.15, 0.2) is 47.2 Å². The van der Waals surface area contributed by atoms with Crippen molar-refractivity contribution in [3.05, 3.63) is 52.7 Å². The highest BCUT2D eigenvalue weighted by Gasteiger charge is 2.48. The average Bonchev–Trinajstić information content (AvgIpc) is 3.29. The standard InChI is InChI=1S/C18H18N2O2S/c21-16-10-18(13-20(16)15-6-9-23-11-15)7-8-19(12-18)17(22)14-4-2-1-3-5-14/h1-6,9,11H,7-8,10,12-13H2/t18-/m0/s1. The first kappa shape index (κ1) is 14.5. The summed E-state index contributed by atoms with van der Waals surface area (Å²) in [6.07, 6.45) is 1.44. The molecule has 1 atom stereocenters. The van der Waals surface area contributed by atoms with Gasteiger partial charge in [0.1, 0.15) is 0 Å². The Labute approximate surface area is 139 Å². The Morgan fingerprint density at radius 1 is 1.13 bits per heavy atom. The maximum absolute atomic E-state index is 12.6. The molecule has 118 valence electrons. The van der Waals surface area contributed by atoms with Crippen LogP contribution in [-0.2, 0) is 4.79 Å². The average molecular weight is 326 g/mol. The number of hydrogen-bond acceptors (Lipinski definition) is 3. The molecule has 0 unspecified atom stereocenters. The second kappa shape index (κ2) is 5.49. The van der Waals surface area contributed by atoms with Gasteiger partial charge in [-0.2, -0.15) is 11.3 Å². The highest BCUT2D eigenvalue weighted by Crippen LogP contribution is 2.42. The monoisotopic (exact) mass is 326 g/mol. The van der Waals surface area contributed by atoms with Crippen molar-refractivity contribution in [1.29, 1.82) is 0 Å². The lowest BCUT2D eigenvalue weighted by atomic mass is 9.86. The van der Waals surface area contributed by atoms with Gasteiger partial charge in [0.05, 0.1) is 5.69 Å². The van der Waals surface area contributed by atoms with Crippen LogP contribution in [0.25, 0.3) is 0 Å². The second-order valence-corrected chi connectivity index (χ2v) is 7.26. The lowest BCUT2D eigenvalue weighted by molar-refractivity contribution is -0.117. The van der Waals surface area contributed by atoms with E-state index in [4.69, 9.17) is 0 Å². The van der Waals surface area contributed by atoms with Crippen molar-refractivity contribution < 1.29 is 9.59 Å². The van der Waals surface area contributed by atoms with E-state index in [1.165, 1.54) is 0 Å². The van der Waals surface area contributed by atoms with Crippen molar-refractivity contribution in [2.24, 2.45) is 5.41 Å². The van der Waals surface area contributed by atoms with E-state index < -0.39 is 0 Å². The fraction of sp³-hybridized carbons (Fsp3) is 0.333. The molecule has 2 aliphatic heterocycles. The number of nitrogens with zero attached hydrogens (tertiary/aromatic N) is 2. The van der Waals surface area contributed by atoms with Gasteiger partial charge in [-0.3, -0.25) is 9.59 Å². The number of thiophene rings is 1. The molecule has 4 rings (SSSR count). The Morgan fingerprint density at radius 2 is 1.96 bits per heavy atom. The number of carbonyl (C=O) groups is 2. The van der Waals surface area contributed by atoms with Crippen LogP contribution in [0.4, 0.5) is 5.69 Å². The molecule has 2 fully saturated rings. The molecule has 2 aliphatic rings. The van der Waals surface area contributed by atoms with Crippen molar-refractivity contribution in [2.45, 2.75) is 12.8 Å². The summed E-state index contributed by atoms with van der Waals surface area (Å²) in [6, 6.07) is 11.4. The summed E-state index contributed by atoms with van der Waals surface area (Å²) < 4.78 is 0. The molecule has 2 amide bonds. The molecule has 5 heteroatoms. The Morgan fingerprint density at radius 3 is 2.70 bits per heavy atom. The maximum Gasteiger partial charge on any atom is 0.253 e. The minimum Gasteiger partial charge on any atom is -0.338 e. The predicted octanol–water partition coefficient (Wildman–Crippen LogP) is 3.02. The van der Waals surface area contributed by atoms with Gasteiger partial charge >= 0.3 is 0 Å². The third-order valence-corrected chi connectivity index (χ3v) is 5.56. The lowest BCUT2D eigenvalue weighted by Crippen LogP contribution is -2.34. The van der Waals surface area contributed by atoms with Crippen LogP contribution >= 0.6 is 11.3 Å². The lowest BCUT2D eigenvalue weighted by Gasteiger charge is -2.24. The van der Waals surface area contributed by atoms with Crippen molar-refractivity contribution in [1.82, 2.24) is 4.90 Å². The van der Waals surface area contributed by atoms with E-state index in [0.29, 0.717) is 13.0 Å². The van der Waals surface area contributed by atoms with Gasteiger partial charge < -0.3 is 9.80 Å². The zero-order valence-corrected chi connectivity index (χ0v) is 13.6. The summed E-state index contributed by atoms with van der Waals surface area (Å²) in [6.45, 7) is 2.13. The zero-order chi connectivity index (χ0) is 15.9. The first-order valence-corrected chi connectivity index (χ1v) is 8.78. The van der Waals surface area contributed by atoms with E-state index in [0.717, 1.165) is 30.8 Å². The Balaban J connectivity index is 1.50. The van der Waals surface area contributed by atoms with E-state index >= 15 is 0 Å². The summed E-state index contributed by atoms with van der Waals surface area (Å²) in [5.74, 6) is 0.251. The third kappa shape index (κ3) is 2.55. The molecule has 3 heterocycles. The van der Waals surface area contributed by atoms with Crippen LogP contribution in [0.5, 0.6) is 0 Å². The first-order chi connectivity index (χ1) is 11.2. The molecular weight excluding hydrogens is 308 g/mol. The SMILES string of the molecule is O=C(c1ccccc1)N1CC[C@]2(CC(=O)N(c3ccsc3)C2)C1. The molecule has 1 aromatic carbocycles. The summed E-state index contributed by atoms with van der Waals surface area (Å²) in [5.41, 5.74) is 1.64. The fourth-order valence-corrected chi connectivity index (χ4v) is 4.33. The van der Waals surface area contributed by atoms with Gasteiger partial charge in [-0.25, -0.2) is 0 Å². The molecule has 0 bridgehead atoms. The smallest absolute Gasteiger partial charge is 0.253 e. The largest absolute Gasteiger partial charge is 0.338 e. The number of hydrogen-bond donors (Lipinski definition) is 0. The van der Waals surface area contributed by atoms with Gasteiger partial charge in [0.2, 0.25) is 5.91 Å². The molecule has 1 spiro atoms. The molecule has 4 nitrogen and oxygen atoms in total. The normalized spacial score (nSPS) is 23.9. The van der Waals surface area contributed by atoms with Crippen LogP contribution in [0.2, 0.25) is 0 Å². The number of amides is 2. The van der Waals surface area contributed by atoms with Crippen LogP contribution in [-0.4, -0.2) is 36.3 Å². The van der Waals surface area contributed by atoms with E-state index in [-0.39, 0.29) is 17.2 Å². The van der Waals surface area contributed by atoms with Gasteiger partial charge in [0.15, 0.2) is 0 Å². The number of anilines is 1. The summed E-state index contributed by atoms with van der Waals surface area (Å²) in [4.78, 5) is 28.8. The molecule has 0 N–H and O–H groups in total. The number of rotatable bonds is 2.